The lowest BCUT2D eigenvalue weighted by Crippen LogP contribution is -2.62. The monoisotopic (exact) mass is 389 g/mol. The predicted molar refractivity (Wildman–Crippen MR) is 108 cm³/mol. The van der Waals surface area contributed by atoms with Gasteiger partial charge in [0, 0.05) is 17.0 Å². The van der Waals surface area contributed by atoms with Gasteiger partial charge in [-0.2, -0.15) is 0 Å². The first-order valence-corrected chi connectivity index (χ1v) is 11.1. The van der Waals surface area contributed by atoms with Crippen LogP contribution in [0.25, 0.3) is 0 Å². The smallest absolute Gasteiger partial charge is 0.321 e. The number of hydrogen-bond acceptors (Lipinski definition) is 4. The van der Waals surface area contributed by atoms with E-state index in [2.05, 4.69) is 29.0 Å². The van der Waals surface area contributed by atoms with Crippen LogP contribution in [0, 0.1) is 24.7 Å². The number of likely N-dealkylation sites (N-methyl/N-ethyl adjacent to an activating group) is 1. The van der Waals surface area contributed by atoms with Gasteiger partial charge in [0.1, 0.15) is 0 Å². The number of nitrogens with one attached hydrogen (secondary N) is 2. The SMILES string of the molecule is Cc1ccsc1CN(C)[C@H](C)C(=O)NC(=O)NC12CC3CC(CC(C3)C1)C2. The first-order chi connectivity index (χ1) is 12.8. The van der Waals surface area contributed by atoms with E-state index in [-0.39, 0.29) is 23.5 Å². The normalized spacial score (nSPS) is 32.5. The average molecular weight is 390 g/mol. The molecule has 2 N–H and O–H groups in total. The zero-order valence-electron chi connectivity index (χ0n) is 16.6. The van der Waals surface area contributed by atoms with Gasteiger partial charge in [0.25, 0.3) is 0 Å². The van der Waals surface area contributed by atoms with Gasteiger partial charge >= 0.3 is 6.03 Å². The van der Waals surface area contributed by atoms with Crippen molar-refractivity contribution in [2.45, 2.75) is 70.5 Å². The van der Waals surface area contributed by atoms with Crippen LogP contribution < -0.4 is 10.6 Å². The fourth-order valence-corrected chi connectivity index (χ4v) is 6.85. The van der Waals surface area contributed by atoms with E-state index >= 15 is 0 Å². The highest BCUT2D eigenvalue weighted by atomic mass is 32.1. The van der Waals surface area contributed by atoms with Gasteiger partial charge in [-0.25, -0.2) is 4.79 Å². The Balaban J connectivity index is 1.31. The summed E-state index contributed by atoms with van der Waals surface area (Å²) in [6.45, 7) is 4.66. The second-order valence-corrected chi connectivity index (χ2v) is 10.3. The maximum Gasteiger partial charge on any atom is 0.321 e. The predicted octanol–water partition coefficient (Wildman–Crippen LogP) is 3.67. The molecule has 1 aromatic rings. The molecule has 1 atom stereocenters. The van der Waals surface area contributed by atoms with Gasteiger partial charge in [-0.1, -0.05) is 0 Å². The highest BCUT2D eigenvalue weighted by Gasteiger charge is 2.51. The Bertz CT molecular complexity index is 693. The third-order valence-electron chi connectivity index (χ3n) is 7.06. The summed E-state index contributed by atoms with van der Waals surface area (Å²) in [5.41, 5.74) is 1.18. The summed E-state index contributed by atoms with van der Waals surface area (Å²) in [6, 6.07) is 1.43. The molecule has 4 fully saturated rings. The molecule has 4 saturated carbocycles. The van der Waals surface area contributed by atoms with Gasteiger partial charge in [0.2, 0.25) is 5.91 Å². The van der Waals surface area contributed by atoms with Crippen molar-refractivity contribution in [2.24, 2.45) is 17.8 Å². The van der Waals surface area contributed by atoms with E-state index in [9.17, 15) is 9.59 Å². The number of urea groups is 1. The van der Waals surface area contributed by atoms with Crippen LogP contribution in [0.1, 0.15) is 55.9 Å². The number of imide groups is 1. The minimum Gasteiger partial charge on any atom is -0.332 e. The van der Waals surface area contributed by atoms with E-state index in [0.29, 0.717) is 6.54 Å². The van der Waals surface area contributed by atoms with Crippen LogP contribution in [-0.2, 0) is 11.3 Å². The minimum absolute atomic E-state index is 0.0671. The molecule has 5 rings (SSSR count). The van der Waals surface area contributed by atoms with E-state index in [4.69, 9.17) is 0 Å². The lowest BCUT2D eigenvalue weighted by atomic mass is 9.53. The largest absolute Gasteiger partial charge is 0.332 e. The van der Waals surface area contributed by atoms with Crippen LogP contribution >= 0.6 is 11.3 Å². The Kier molecular flexibility index (Phi) is 5.06. The van der Waals surface area contributed by atoms with Gasteiger partial charge < -0.3 is 5.32 Å². The fourth-order valence-electron chi connectivity index (χ4n) is 5.88. The highest BCUT2D eigenvalue weighted by Crippen LogP contribution is 2.55. The van der Waals surface area contributed by atoms with Gasteiger partial charge in [-0.05, 0) is 94.2 Å². The standard InChI is InChI=1S/C21H31N3O2S/c1-13-4-5-27-18(13)12-24(3)14(2)19(25)22-20(26)23-21-9-15-6-16(10-21)8-17(7-15)11-21/h4-5,14-17H,6-12H2,1-3H3,(H2,22,23,25,26)/t14-,15?,16?,17?,21?/m1/s1. The summed E-state index contributed by atoms with van der Waals surface area (Å²) >= 11 is 1.70. The quantitative estimate of drug-likeness (QED) is 0.808. The molecule has 6 heteroatoms. The summed E-state index contributed by atoms with van der Waals surface area (Å²) < 4.78 is 0. The number of rotatable bonds is 5. The molecular weight excluding hydrogens is 358 g/mol. The molecule has 27 heavy (non-hydrogen) atoms. The highest BCUT2D eigenvalue weighted by molar-refractivity contribution is 7.10. The van der Waals surface area contributed by atoms with Gasteiger partial charge in [-0.3, -0.25) is 15.0 Å². The summed E-state index contributed by atoms with van der Waals surface area (Å²) in [7, 11) is 1.93. The number of thiophene rings is 1. The lowest BCUT2D eigenvalue weighted by molar-refractivity contribution is -0.124. The van der Waals surface area contributed by atoms with Crippen molar-refractivity contribution in [1.82, 2.24) is 15.5 Å². The van der Waals surface area contributed by atoms with Gasteiger partial charge in [-0.15, -0.1) is 11.3 Å². The van der Waals surface area contributed by atoms with Crippen molar-refractivity contribution in [3.63, 3.8) is 0 Å². The number of nitrogens with zero attached hydrogens (tertiary/aromatic N) is 1. The van der Waals surface area contributed by atoms with Crippen LogP contribution in [-0.4, -0.2) is 35.5 Å². The van der Waals surface area contributed by atoms with E-state index < -0.39 is 0 Å². The third-order valence-corrected chi connectivity index (χ3v) is 8.06. The summed E-state index contributed by atoms with van der Waals surface area (Å²) in [6.07, 6.45) is 7.29. The van der Waals surface area contributed by atoms with E-state index in [1.165, 1.54) is 29.7 Å². The second-order valence-electron chi connectivity index (χ2n) is 9.26. The lowest BCUT2D eigenvalue weighted by Gasteiger charge is -2.56. The molecule has 1 heterocycles. The molecule has 0 aliphatic heterocycles. The third kappa shape index (κ3) is 3.92. The van der Waals surface area contributed by atoms with E-state index in [1.54, 1.807) is 11.3 Å². The zero-order valence-corrected chi connectivity index (χ0v) is 17.4. The van der Waals surface area contributed by atoms with Crippen molar-refractivity contribution < 1.29 is 9.59 Å². The van der Waals surface area contributed by atoms with Crippen LogP contribution in [0.4, 0.5) is 4.79 Å². The summed E-state index contributed by atoms with van der Waals surface area (Å²) in [4.78, 5) is 28.4. The molecule has 4 bridgehead atoms. The van der Waals surface area contributed by atoms with Crippen molar-refractivity contribution in [1.29, 1.82) is 0 Å². The van der Waals surface area contributed by atoms with Crippen LogP contribution in [0.5, 0.6) is 0 Å². The van der Waals surface area contributed by atoms with Crippen LogP contribution in [0.2, 0.25) is 0 Å². The molecule has 1 aromatic heterocycles. The number of amides is 3. The number of aryl methyl sites for hydroxylation is 1. The second kappa shape index (κ2) is 7.21. The number of hydrogen-bond donors (Lipinski definition) is 2. The maximum atomic E-state index is 12.6. The summed E-state index contributed by atoms with van der Waals surface area (Å²) in [5, 5.41) is 7.89. The number of carbonyl (C=O) groups is 2. The topological polar surface area (TPSA) is 61.4 Å². The van der Waals surface area contributed by atoms with Crippen molar-refractivity contribution in [2.75, 3.05) is 7.05 Å². The molecule has 0 saturated heterocycles. The Morgan fingerprint density at radius 1 is 1.22 bits per heavy atom. The van der Waals surface area contributed by atoms with E-state index in [0.717, 1.165) is 37.0 Å². The molecule has 148 valence electrons. The van der Waals surface area contributed by atoms with E-state index in [1.807, 2.05) is 18.9 Å². The average Bonchev–Trinajstić information content (AvgIpc) is 2.96. The molecular formula is C21H31N3O2S. The molecule has 0 radical (unpaired) electrons. The van der Waals surface area contributed by atoms with Crippen molar-refractivity contribution in [3.05, 3.63) is 21.9 Å². The Morgan fingerprint density at radius 2 is 1.81 bits per heavy atom. The van der Waals surface area contributed by atoms with Gasteiger partial charge in [0.05, 0.1) is 6.04 Å². The number of carbonyl (C=O) groups excluding carboxylic acids is 2. The molecule has 0 aromatic carbocycles. The van der Waals surface area contributed by atoms with Crippen LogP contribution in [0.15, 0.2) is 11.4 Å². The fraction of sp³-hybridized carbons (Fsp3) is 0.714. The Morgan fingerprint density at radius 3 is 2.33 bits per heavy atom. The Labute approximate surface area is 165 Å². The van der Waals surface area contributed by atoms with Gasteiger partial charge in [0.15, 0.2) is 0 Å². The molecule has 0 unspecified atom stereocenters. The first kappa shape index (κ1) is 18.9. The van der Waals surface area contributed by atoms with Crippen molar-refractivity contribution >= 4 is 23.3 Å². The Hall–Kier alpha value is -1.40. The molecule has 3 amide bonds. The molecule has 4 aliphatic carbocycles. The summed E-state index contributed by atoms with van der Waals surface area (Å²) in [5.74, 6) is 2.08. The molecule has 5 nitrogen and oxygen atoms in total. The van der Waals surface area contributed by atoms with Crippen molar-refractivity contribution in [3.8, 4) is 0 Å². The molecule has 0 spiro atoms. The maximum absolute atomic E-state index is 12.6. The minimum atomic E-state index is -0.353. The zero-order chi connectivity index (χ0) is 19.2. The van der Waals surface area contributed by atoms with Crippen LogP contribution in [0.3, 0.4) is 0 Å². The molecule has 4 aliphatic rings. The first-order valence-electron chi connectivity index (χ1n) is 10.2.